The van der Waals surface area contributed by atoms with Crippen LogP contribution < -0.4 is 5.32 Å². The number of thioether (sulfide) groups is 1. The predicted molar refractivity (Wildman–Crippen MR) is 82.2 cm³/mol. The summed E-state index contributed by atoms with van der Waals surface area (Å²) < 4.78 is 0. The lowest BCUT2D eigenvalue weighted by Crippen LogP contribution is -2.51. The van der Waals surface area contributed by atoms with Gasteiger partial charge in [0.1, 0.15) is 0 Å². The van der Waals surface area contributed by atoms with E-state index in [9.17, 15) is 14.7 Å². The van der Waals surface area contributed by atoms with Crippen molar-refractivity contribution in [2.45, 2.75) is 25.3 Å². The molecule has 0 saturated carbocycles. The Morgan fingerprint density at radius 3 is 2.40 bits per heavy atom. The number of carbonyl (C=O) groups excluding carboxylic acids is 1. The first-order valence-electron chi connectivity index (χ1n) is 6.25. The van der Waals surface area contributed by atoms with Gasteiger partial charge in [0.25, 0.3) is 0 Å². The van der Waals surface area contributed by atoms with Crippen LogP contribution in [-0.2, 0) is 15.1 Å². The fourth-order valence-corrected chi connectivity index (χ4v) is 2.44. The molecule has 1 atom stereocenters. The summed E-state index contributed by atoms with van der Waals surface area (Å²) in [4.78, 5) is 23.6. The van der Waals surface area contributed by atoms with Gasteiger partial charge < -0.3 is 10.4 Å². The van der Waals surface area contributed by atoms with Gasteiger partial charge in [-0.2, -0.15) is 11.8 Å². The molecular formula is C14H18ClNO3S. The van der Waals surface area contributed by atoms with E-state index in [0.29, 0.717) is 22.8 Å². The Bertz CT molecular complexity index is 478. The molecule has 20 heavy (non-hydrogen) atoms. The lowest BCUT2D eigenvalue weighted by atomic mass is 9.87. The van der Waals surface area contributed by atoms with Crippen molar-refractivity contribution < 1.29 is 14.7 Å². The first-order chi connectivity index (χ1) is 9.46. The number of hydrogen-bond acceptors (Lipinski definition) is 3. The molecule has 0 aliphatic heterocycles. The fraction of sp³-hybridized carbons (Fsp3) is 0.429. The maximum Gasteiger partial charge on any atom is 0.334 e. The van der Waals surface area contributed by atoms with E-state index >= 15 is 0 Å². The highest BCUT2D eigenvalue weighted by molar-refractivity contribution is 7.98. The Hall–Kier alpha value is -1.20. The van der Waals surface area contributed by atoms with Crippen molar-refractivity contribution in [1.82, 2.24) is 5.32 Å². The van der Waals surface area contributed by atoms with Gasteiger partial charge in [0.15, 0.2) is 5.54 Å². The summed E-state index contributed by atoms with van der Waals surface area (Å²) in [7, 11) is 0. The Morgan fingerprint density at radius 2 is 1.95 bits per heavy atom. The minimum absolute atomic E-state index is 0.259. The van der Waals surface area contributed by atoms with Crippen LogP contribution in [0.3, 0.4) is 0 Å². The van der Waals surface area contributed by atoms with Gasteiger partial charge in [0, 0.05) is 17.2 Å². The zero-order valence-corrected chi connectivity index (χ0v) is 13.1. The molecule has 0 spiro atoms. The average molecular weight is 316 g/mol. The highest BCUT2D eigenvalue weighted by atomic mass is 35.5. The highest BCUT2D eigenvalue weighted by Gasteiger charge is 2.40. The number of nitrogens with one attached hydrogen (secondary N) is 1. The Kier molecular flexibility index (Phi) is 6.36. The predicted octanol–water partition coefficient (Wildman–Crippen LogP) is 2.90. The number of carboxylic acid groups (broad SMARTS) is 1. The summed E-state index contributed by atoms with van der Waals surface area (Å²) in [6.07, 6.45) is 2.45. The molecule has 0 saturated heterocycles. The van der Waals surface area contributed by atoms with Gasteiger partial charge in [-0.05, 0) is 30.4 Å². The van der Waals surface area contributed by atoms with E-state index in [0.717, 1.165) is 0 Å². The maximum absolute atomic E-state index is 11.9. The molecule has 0 bridgehead atoms. The van der Waals surface area contributed by atoms with Gasteiger partial charge in [-0.1, -0.05) is 30.7 Å². The number of hydrogen-bond donors (Lipinski definition) is 2. The molecule has 0 aliphatic carbocycles. The van der Waals surface area contributed by atoms with Gasteiger partial charge in [-0.25, -0.2) is 4.79 Å². The van der Waals surface area contributed by atoms with E-state index in [1.807, 2.05) is 6.26 Å². The largest absolute Gasteiger partial charge is 0.479 e. The quantitative estimate of drug-likeness (QED) is 0.812. The molecule has 2 N–H and O–H groups in total. The molecule has 0 aromatic heterocycles. The van der Waals surface area contributed by atoms with Crippen LogP contribution >= 0.6 is 23.4 Å². The third-order valence-corrected chi connectivity index (χ3v) is 3.98. The van der Waals surface area contributed by atoms with Crippen LogP contribution in [0.5, 0.6) is 0 Å². The van der Waals surface area contributed by atoms with Gasteiger partial charge in [-0.3, -0.25) is 4.79 Å². The minimum atomic E-state index is -1.40. The van der Waals surface area contributed by atoms with Crippen molar-refractivity contribution in [1.29, 1.82) is 0 Å². The van der Waals surface area contributed by atoms with Crippen LogP contribution in [0.2, 0.25) is 5.02 Å². The van der Waals surface area contributed by atoms with Gasteiger partial charge in [0.05, 0.1) is 0 Å². The van der Waals surface area contributed by atoms with Crippen LogP contribution in [0.4, 0.5) is 0 Å². The minimum Gasteiger partial charge on any atom is -0.479 e. The van der Waals surface area contributed by atoms with Gasteiger partial charge in [0.2, 0.25) is 5.91 Å². The fourth-order valence-electron chi connectivity index (χ4n) is 1.92. The Labute approximate surface area is 127 Å². The molecule has 6 heteroatoms. The SMILES string of the molecule is CCC(NC(=O)CCSC)(C(=O)O)c1ccc(Cl)cc1. The third kappa shape index (κ3) is 3.90. The molecule has 1 rings (SSSR count). The number of carboxylic acids is 1. The van der Waals surface area contributed by atoms with E-state index in [1.165, 1.54) is 0 Å². The highest BCUT2D eigenvalue weighted by Crippen LogP contribution is 2.27. The normalized spacial score (nSPS) is 13.6. The average Bonchev–Trinajstić information content (AvgIpc) is 2.43. The van der Waals surface area contributed by atoms with Crippen LogP contribution in [0.1, 0.15) is 25.3 Å². The van der Waals surface area contributed by atoms with E-state index in [4.69, 9.17) is 11.6 Å². The molecule has 1 unspecified atom stereocenters. The molecule has 0 heterocycles. The zero-order chi connectivity index (χ0) is 15.2. The topological polar surface area (TPSA) is 66.4 Å². The number of amides is 1. The number of aliphatic carboxylic acids is 1. The van der Waals surface area contributed by atoms with E-state index in [2.05, 4.69) is 5.32 Å². The van der Waals surface area contributed by atoms with E-state index in [1.54, 1.807) is 43.0 Å². The molecule has 4 nitrogen and oxygen atoms in total. The van der Waals surface area contributed by atoms with Crippen LogP contribution in [0.15, 0.2) is 24.3 Å². The summed E-state index contributed by atoms with van der Waals surface area (Å²) in [6.45, 7) is 1.73. The molecule has 0 aliphatic rings. The van der Waals surface area contributed by atoms with Crippen molar-refractivity contribution in [2.75, 3.05) is 12.0 Å². The molecule has 1 aromatic rings. The number of halogens is 1. The lowest BCUT2D eigenvalue weighted by Gasteiger charge is -2.30. The van der Waals surface area contributed by atoms with Crippen molar-refractivity contribution in [3.63, 3.8) is 0 Å². The zero-order valence-electron chi connectivity index (χ0n) is 11.5. The summed E-state index contributed by atoms with van der Waals surface area (Å²) in [5.41, 5.74) is -0.880. The van der Waals surface area contributed by atoms with Crippen molar-refractivity contribution in [3.8, 4) is 0 Å². The molecular weight excluding hydrogens is 298 g/mol. The second-order valence-electron chi connectivity index (χ2n) is 4.36. The molecule has 1 amide bonds. The Morgan fingerprint density at radius 1 is 1.35 bits per heavy atom. The number of carbonyl (C=O) groups is 2. The Balaban J connectivity index is 3.06. The summed E-state index contributed by atoms with van der Waals surface area (Å²) in [5.74, 6) is -0.676. The van der Waals surface area contributed by atoms with Crippen LogP contribution in [0.25, 0.3) is 0 Å². The summed E-state index contributed by atoms with van der Waals surface area (Å²) in [5, 5.41) is 12.7. The van der Waals surface area contributed by atoms with Crippen molar-refractivity contribution in [2.24, 2.45) is 0 Å². The molecule has 1 aromatic carbocycles. The lowest BCUT2D eigenvalue weighted by molar-refractivity contribution is -0.148. The molecule has 0 radical (unpaired) electrons. The molecule has 0 fully saturated rings. The van der Waals surface area contributed by atoms with Crippen LogP contribution in [0, 0.1) is 0 Å². The molecule has 110 valence electrons. The second kappa shape index (κ2) is 7.55. The monoisotopic (exact) mass is 315 g/mol. The standard InChI is InChI=1S/C14H18ClNO3S/c1-3-14(13(18)19,16-12(17)8-9-20-2)10-4-6-11(15)7-5-10/h4-7H,3,8-9H2,1-2H3,(H,16,17)(H,18,19). The third-order valence-electron chi connectivity index (χ3n) is 3.12. The number of rotatable bonds is 7. The first-order valence-corrected chi connectivity index (χ1v) is 8.03. The van der Waals surface area contributed by atoms with Crippen LogP contribution in [-0.4, -0.2) is 29.0 Å². The smallest absolute Gasteiger partial charge is 0.334 e. The second-order valence-corrected chi connectivity index (χ2v) is 5.78. The van der Waals surface area contributed by atoms with Gasteiger partial charge in [-0.15, -0.1) is 0 Å². The van der Waals surface area contributed by atoms with Gasteiger partial charge >= 0.3 is 5.97 Å². The van der Waals surface area contributed by atoms with Crippen molar-refractivity contribution >= 4 is 35.2 Å². The first kappa shape index (κ1) is 16.9. The summed E-state index contributed by atoms with van der Waals surface area (Å²) >= 11 is 7.37. The number of benzene rings is 1. The van der Waals surface area contributed by atoms with E-state index in [-0.39, 0.29) is 12.3 Å². The van der Waals surface area contributed by atoms with E-state index < -0.39 is 11.5 Å². The van der Waals surface area contributed by atoms with Crippen molar-refractivity contribution in [3.05, 3.63) is 34.9 Å². The maximum atomic E-state index is 11.9. The summed E-state index contributed by atoms with van der Waals surface area (Å²) in [6, 6.07) is 6.51.